The minimum Gasteiger partial charge on any atom is -1.00 e. The molecule has 0 saturated carbocycles. The predicted octanol–water partition coefficient (Wildman–Crippen LogP) is -1.30. The molecule has 9 heavy (non-hydrogen) atoms. The fourth-order valence-electron chi connectivity index (χ4n) is 0.441. The number of nitrogens with zero attached hydrogens (tertiary/aromatic N) is 1. The molecule has 0 fully saturated rings. The Morgan fingerprint density at radius 2 is 2.11 bits per heavy atom. The van der Waals surface area contributed by atoms with Crippen LogP contribution in [0.25, 0.3) is 0 Å². The van der Waals surface area contributed by atoms with Crippen LogP contribution < -0.4 is 12.4 Å². The quantitative estimate of drug-likeness (QED) is 0.213. The van der Waals surface area contributed by atoms with Gasteiger partial charge in [0, 0.05) is 6.42 Å². The highest BCUT2D eigenvalue weighted by atomic mass is 35.5. The van der Waals surface area contributed by atoms with Crippen LogP contribution in [0.3, 0.4) is 0 Å². The van der Waals surface area contributed by atoms with E-state index in [-0.39, 0.29) is 12.4 Å². The average molecular weight is 170 g/mol. The third kappa shape index (κ3) is 8.25. The molecule has 0 aromatic rings. The third-order valence-corrected chi connectivity index (χ3v) is 1.33. The second-order valence-corrected chi connectivity index (χ2v) is 2.11. The highest BCUT2D eigenvalue weighted by Gasteiger charge is 1.92. The van der Waals surface area contributed by atoms with Crippen LogP contribution in [-0.2, 0) is 0 Å². The summed E-state index contributed by atoms with van der Waals surface area (Å²) in [5, 5.41) is 0. The van der Waals surface area contributed by atoms with E-state index < -0.39 is 0 Å². The molecule has 0 atom stereocenters. The lowest BCUT2D eigenvalue weighted by molar-refractivity contribution is -0.501. The largest absolute Gasteiger partial charge is 1.00 e. The Kier molecular flexibility index (Phi) is 11.0. The van der Waals surface area contributed by atoms with E-state index in [9.17, 15) is 0 Å². The molecule has 0 N–H and O–H groups in total. The molecule has 0 aromatic carbocycles. The molecule has 0 spiro atoms. The molecular formula is C6H13Cl2N. The Bertz CT molecular complexity index is 73.5. The molecule has 56 valence electrons. The van der Waals surface area contributed by atoms with E-state index in [0.29, 0.717) is 6.00 Å². The van der Waals surface area contributed by atoms with Gasteiger partial charge in [-0.05, 0) is 0 Å². The second-order valence-electron chi connectivity index (χ2n) is 1.87. The summed E-state index contributed by atoms with van der Waals surface area (Å²) in [4.78, 5) is 0. The Morgan fingerprint density at radius 1 is 1.56 bits per heavy atom. The van der Waals surface area contributed by atoms with Gasteiger partial charge in [0.25, 0.3) is 0 Å². The maximum absolute atomic E-state index is 5.45. The monoisotopic (exact) mass is 169 g/mol. The van der Waals surface area contributed by atoms with Gasteiger partial charge in [-0.2, -0.15) is 0 Å². The summed E-state index contributed by atoms with van der Waals surface area (Å²) < 4.78 is 1.85. The van der Waals surface area contributed by atoms with Crippen molar-refractivity contribution >= 4 is 18.3 Å². The maximum atomic E-state index is 5.45. The topological polar surface area (TPSA) is 3.01 Å². The average Bonchev–Trinajstić information content (AvgIpc) is 1.83. The minimum absolute atomic E-state index is 0. The molecule has 0 heterocycles. The van der Waals surface area contributed by atoms with Crippen LogP contribution in [0.15, 0.2) is 0 Å². The van der Waals surface area contributed by atoms with Crippen LogP contribution in [0.2, 0.25) is 0 Å². The number of alkyl halides is 1. The number of halogens is 2. The van der Waals surface area contributed by atoms with Crippen molar-refractivity contribution in [2.75, 3.05) is 12.5 Å². The van der Waals surface area contributed by atoms with E-state index in [1.54, 1.807) is 0 Å². The molecule has 0 bridgehead atoms. The van der Waals surface area contributed by atoms with E-state index >= 15 is 0 Å². The van der Waals surface area contributed by atoms with Crippen LogP contribution in [0, 0.1) is 0 Å². The maximum Gasteiger partial charge on any atom is 0.216 e. The lowest BCUT2D eigenvalue weighted by Crippen LogP contribution is -3.00. The summed E-state index contributed by atoms with van der Waals surface area (Å²) >= 11 is 5.45. The number of unbranched alkanes of at least 4 members (excludes halogenated alkanes) is 1. The molecule has 0 amide bonds. The first-order valence-electron chi connectivity index (χ1n) is 2.92. The van der Waals surface area contributed by atoms with Gasteiger partial charge in [-0.1, -0.05) is 24.9 Å². The Morgan fingerprint density at radius 3 is 2.44 bits per heavy atom. The zero-order chi connectivity index (χ0) is 6.41. The van der Waals surface area contributed by atoms with Gasteiger partial charge < -0.3 is 12.4 Å². The van der Waals surface area contributed by atoms with Gasteiger partial charge >= 0.3 is 0 Å². The van der Waals surface area contributed by atoms with E-state index in [1.165, 1.54) is 12.8 Å². The van der Waals surface area contributed by atoms with E-state index in [1.807, 2.05) is 4.58 Å². The van der Waals surface area contributed by atoms with Crippen molar-refractivity contribution in [3.63, 3.8) is 0 Å². The summed E-state index contributed by atoms with van der Waals surface area (Å²) in [7, 11) is 0. The van der Waals surface area contributed by atoms with Crippen LogP contribution in [0.5, 0.6) is 0 Å². The molecule has 0 saturated heterocycles. The Hall–Kier alpha value is 0.250. The van der Waals surface area contributed by atoms with Gasteiger partial charge in [0.2, 0.25) is 6.00 Å². The molecular weight excluding hydrogens is 157 g/mol. The van der Waals surface area contributed by atoms with Crippen LogP contribution in [-0.4, -0.2) is 23.8 Å². The van der Waals surface area contributed by atoms with Crippen molar-refractivity contribution in [3.05, 3.63) is 0 Å². The number of rotatable bonds is 4. The fourth-order valence-corrected chi connectivity index (χ4v) is 0.561. The lowest BCUT2D eigenvalue weighted by Gasteiger charge is -1.92. The summed E-state index contributed by atoms with van der Waals surface area (Å²) in [5.41, 5.74) is 0. The summed E-state index contributed by atoms with van der Waals surface area (Å²) in [6.45, 7) is 6.86. The SMILES string of the molecule is C=[N+](CCl)CCCC.[Cl-]. The van der Waals surface area contributed by atoms with Gasteiger partial charge in [-0.25, -0.2) is 4.58 Å². The van der Waals surface area contributed by atoms with Gasteiger partial charge in [-0.3, -0.25) is 0 Å². The molecule has 0 aliphatic carbocycles. The fraction of sp³-hybridized carbons (Fsp3) is 0.833. The second kappa shape index (κ2) is 8.25. The smallest absolute Gasteiger partial charge is 0.216 e. The molecule has 3 heteroatoms. The molecule has 0 radical (unpaired) electrons. The van der Waals surface area contributed by atoms with Crippen molar-refractivity contribution in [1.82, 2.24) is 0 Å². The summed E-state index contributed by atoms with van der Waals surface area (Å²) in [6.07, 6.45) is 2.40. The van der Waals surface area contributed by atoms with Gasteiger partial charge in [0.15, 0.2) is 0 Å². The van der Waals surface area contributed by atoms with Crippen molar-refractivity contribution in [3.8, 4) is 0 Å². The lowest BCUT2D eigenvalue weighted by atomic mass is 10.3. The van der Waals surface area contributed by atoms with Crippen molar-refractivity contribution in [1.29, 1.82) is 0 Å². The van der Waals surface area contributed by atoms with Crippen molar-refractivity contribution in [2.45, 2.75) is 19.8 Å². The van der Waals surface area contributed by atoms with E-state index in [2.05, 4.69) is 13.6 Å². The zero-order valence-electron chi connectivity index (χ0n) is 5.74. The first-order chi connectivity index (χ1) is 3.81. The van der Waals surface area contributed by atoms with Crippen molar-refractivity contribution in [2.24, 2.45) is 0 Å². The minimum atomic E-state index is 0. The summed E-state index contributed by atoms with van der Waals surface area (Å²) in [6, 6.07) is 0.542. The number of hydrogen-bond acceptors (Lipinski definition) is 0. The first kappa shape index (κ1) is 12.0. The van der Waals surface area contributed by atoms with E-state index in [0.717, 1.165) is 6.54 Å². The van der Waals surface area contributed by atoms with Crippen molar-refractivity contribution < 1.29 is 17.0 Å². The molecule has 0 unspecified atom stereocenters. The standard InChI is InChI=1S/C6H13ClN.ClH/c1-3-4-5-8(2)6-7;/h2-6H2,1H3;1H/q+1;/p-1. The molecule has 0 aliphatic heterocycles. The molecule has 1 nitrogen and oxygen atoms in total. The van der Waals surface area contributed by atoms with Gasteiger partial charge in [0.1, 0.15) is 13.3 Å². The Balaban J connectivity index is 0. The van der Waals surface area contributed by atoms with Crippen LogP contribution in [0.1, 0.15) is 19.8 Å². The molecule has 0 rings (SSSR count). The molecule has 0 aromatic heterocycles. The highest BCUT2D eigenvalue weighted by molar-refractivity contribution is 6.16. The normalized spacial score (nSPS) is 8.22. The predicted molar refractivity (Wildman–Crippen MR) is 37.9 cm³/mol. The van der Waals surface area contributed by atoms with Gasteiger partial charge in [0.05, 0.1) is 0 Å². The van der Waals surface area contributed by atoms with E-state index in [4.69, 9.17) is 11.6 Å². The first-order valence-corrected chi connectivity index (χ1v) is 3.46. The van der Waals surface area contributed by atoms with Crippen LogP contribution in [0.4, 0.5) is 0 Å². The highest BCUT2D eigenvalue weighted by Crippen LogP contribution is 1.87. The zero-order valence-corrected chi connectivity index (χ0v) is 7.25. The summed E-state index contributed by atoms with van der Waals surface area (Å²) in [5.74, 6) is 0. The van der Waals surface area contributed by atoms with Crippen LogP contribution >= 0.6 is 11.6 Å². The Labute approximate surface area is 68.1 Å². The third-order valence-electron chi connectivity index (χ3n) is 0.997. The molecule has 0 aliphatic rings. The number of hydrogen-bond donors (Lipinski definition) is 0. The van der Waals surface area contributed by atoms with Gasteiger partial charge in [-0.15, -0.1) is 0 Å².